The second-order valence-electron chi connectivity index (χ2n) is 6.73. The van der Waals surface area contributed by atoms with Gasteiger partial charge in [-0.3, -0.25) is 9.78 Å². The SMILES string of the molecule is CCc1ccc2nc(C)cc(C(=O)N[C@H](CO)C3CCSCC3)c2c1. The van der Waals surface area contributed by atoms with E-state index >= 15 is 0 Å². The fraction of sp³-hybridized carbons (Fsp3) is 0.500. The molecule has 3 rings (SSSR count). The number of nitrogens with zero attached hydrogens (tertiary/aromatic N) is 1. The zero-order valence-corrected chi connectivity index (χ0v) is 15.7. The quantitative estimate of drug-likeness (QED) is 0.860. The number of fused-ring (bicyclic) bond motifs is 1. The Hall–Kier alpha value is -1.59. The molecule has 1 atom stereocenters. The number of hydrogen-bond donors (Lipinski definition) is 2. The summed E-state index contributed by atoms with van der Waals surface area (Å²) in [4.78, 5) is 17.5. The summed E-state index contributed by atoms with van der Waals surface area (Å²) in [6.07, 6.45) is 3.02. The third-order valence-corrected chi connectivity index (χ3v) is 6.05. The molecule has 1 aliphatic heterocycles. The first kappa shape index (κ1) is 18.2. The van der Waals surface area contributed by atoms with Crippen LogP contribution in [0.5, 0.6) is 0 Å². The fourth-order valence-corrected chi connectivity index (χ4v) is 4.63. The summed E-state index contributed by atoms with van der Waals surface area (Å²) in [5.74, 6) is 2.46. The molecule has 5 heteroatoms. The third kappa shape index (κ3) is 4.15. The average molecular weight is 359 g/mol. The Balaban J connectivity index is 1.89. The van der Waals surface area contributed by atoms with E-state index in [2.05, 4.69) is 29.4 Å². The molecule has 1 fully saturated rings. The summed E-state index contributed by atoms with van der Waals surface area (Å²) in [5, 5.41) is 13.8. The van der Waals surface area contributed by atoms with Gasteiger partial charge in [0.1, 0.15) is 0 Å². The highest BCUT2D eigenvalue weighted by Gasteiger charge is 2.25. The molecule has 0 bridgehead atoms. The van der Waals surface area contributed by atoms with Crippen LogP contribution in [0, 0.1) is 12.8 Å². The van der Waals surface area contributed by atoms with Gasteiger partial charge in [0, 0.05) is 11.1 Å². The van der Waals surface area contributed by atoms with Gasteiger partial charge in [0.05, 0.1) is 23.7 Å². The highest BCUT2D eigenvalue weighted by Crippen LogP contribution is 2.26. The summed E-state index contributed by atoms with van der Waals surface area (Å²) in [7, 11) is 0. The molecule has 0 spiro atoms. The van der Waals surface area contributed by atoms with Crippen LogP contribution in [0.15, 0.2) is 24.3 Å². The highest BCUT2D eigenvalue weighted by atomic mass is 32.2. The van der Waals surface area contributed by atoms with E-state index in [0.717, 1.165) is 47.4 Å². The lowest BCUT2D eigenvalue weighted by molar-refractivity contribution is 0.0886. The Labute approximate surface area is 153 Å². The number of rotatable bonds is 5. The van der Waals surface area contributed by atoms with Gasteiger partial charge in [-0.1, -0.05) is 13.0 Å². The van der Waals surface area contributed by atoms with Crippen molar-refractivity contribution in [2.75, 3.05) is 18.1 Å². The van der Waals surface area contributed by atoms with E-state index in [-0.39, 0.29) is 18.6 Å². The molecule has 25 heavy (non-hydrogen) atoms. The Bertz CT molecular complexity index is 757. The number of hydrogen-bond acceptors (Lipinski definition) is 4. The van der Waals surface area contributed by atoms with E-state index < -0.39 is 0 Å². The minimum Gasteiger partial charge on any atom is -0.394 e. The minimum atomic E-state index is -0.175. The summed E-state index contributed by atoms with van der Waals surface area (Å²) >= 11 is 1.95. The second kappa shape index (κ2) is 8.19. The molecular formula is C20H26N2O2S. The number of aromatic nitrogens is 1. The van der Waals surface area contributed by atoms with Crippen molar-refractivity contribution in [1.29, 1.82) is 0 Å². The van der Waals surface area contributed by atoms with E-state index in [4.69, 9.17) is 0 Å². The van der Waals surface area contributed by atoms with Crippen molar-refractivity contribution in [2.45, 2.75) is 39.2 Å². The summed E-state index contributed by atoms with van der Waals surface area (Å²) < 4.78 is 0. The Morgan fingerprint density at radius 3 is 2.80 bits per heavy atom. The zero-order chi connectivity index (χ0) is 17.8. The first-order chi connectivity index (χ1) is 12.1. The van der Waals surface area contributed by atoms with Gasteiger partial charge in [-0.2, -0.15) is 11.8 Å². The first-order valence-electron chi connectivity index (χ1n) is 9.02. The van der Waals surface area contributed by atoms with Crippen molar-refractivity contribution in [3.8, 4) is 0 Å². The van der Waals surface area contributed by atoms with Gasteiger partial charge in [-0.15, -0.1) is 0 Å². The van der Waals surface area contributed by atoms with Crippen LogP contribution in [0.25, 0.3) is 10.9 Å². The van der Waals surface area contributed by atoms with Crippen LogP contribution in [0.3, 0.4) is 0 Å². The van der Waals surface area contributed by atoms with Gasteiger partial charge < -0.3 is 10.4 Å². The van der Waals surface area contributed by atoms with Gasteiger partial charge in [0.15, 0.2) is 0 Å². The minimum absolute atomic E-state index is 0.0106. The normalized spacial score (nSPS) is 16.8. The first-order valence-corrected chi connectivity index (χ1v) is 10.2. The molecule has 2 N–H and O–H groups in total. The Morgan fingerprint density at radius 2 is 2.12 bits per heavy atom. The number of aliphatic hydroxyl groups is 1. The lowest BCUT2D eigenvalue weighted by Gasteiger charge is -2.29. The van der Waals surface area contributed by atoms with Crippen molar-refractivity contribution in [3.63, 3.8) is 0 Å². The zero-order valence-electron chi connectivity index (χ0n) is 14.9. The van der Waals surface area contributed by atoms with Crippen molar-refractivity contribution >= 4 is 28.6 Å². The number of pyridine rings is 1. The van der Waals surface area contributed by atoms with Crippen LogP contribution in [0.1, 0.15) is 41.4 Å². The van der Waals surface area contributed by atoms with Crippen molar-refractivity contribution in [2.24, 2.45) is 5.92 Å². The smallest absolute Gasteiger partial charge is 0.252 e. The van der Waals surface area contributed by atoms with E-state index in [1.807, 2.05) is 30.8 Å². The number of thioether (sulfide) groups is 1. The Morgan fingerprint density at radius 1 is 1.36 bits per heavy atom. The molecule has 1 aromatic carbocycles. The molecule has 2 heterocycles. The molecule has 0 unspecified atom stereocenters. The van der Waals surface area contributed by atoms with Gasteiger partial charge in [0.25, 0.3) is 5.91 Å². The van der Waals surface area contributed by atoms with E-state index in [9.17, 15) is 9.90 Å². The summed E-state index contributed by atoms with van der Waals surface area (Å²) in [6, 6.07) is 7.78. The molecule has 0 saturated carbocycles. The molecule has 1 aromatic heterocycles. The van der Waals surface area contributed by atoms with Crippen molar-refractivity contribution in [3.05, 3.63) is 41.1 Å². The fourth-order valence-electron chi connectivity index (χ4n) is 3.49. The molecule has 1 aliphatic rings. The van der Waals surface area contributed by atoms with Crippen LogP contribution in [-0.4, -0.2) is 40.2 Å². The number of benzene rings is 1. The Kier molecular flexibility index (Phi) is 5.97. The number of nitrogens with one attached hydrogen (secondary N) is 1. The highest BCUT2D eigenvalue weighted by molar-refractivity contribution is 7.99. The van der Waals surface area contributed by atoms with E-state index in [1.165, 1.54) is 5.56 Å². The van der Waals surface area contributed by atoms with Crippen LogP contribution in [0.4, 0.5) is 0 Å². The van der Waals surface area contributed by atoms with Crippen LogP contribution < -0.4 is 5.32 Å². The second-order valence-corrected chi connectivity index (χ2v) is 7.95. The van der Waals surface area contributed by atoms with Crippen LogP contribution in [0.2, 0.25) is 0 Å². The van der Waals surface area contributed by atoms with Crippen LogP contribution in [-0.2, 0) is 6.42 Å². The molecule has 2 aromatic rings. The topological polar surface area (TPSA) is 62.2 Å². The molecule has 134 valence electrons. The van der Waals surface area contributed by atoms with E-state index in [1.54, 1.807) is 0 Å². The number of amides is 1. The molecule has 1 saturated heterocycles. The maximum absolute atomic E-state index is 13.0. The number of aliphatic hydroxyl groups excluding tert-OH is 1. The van der Waals surface area contributed by atoms with Gasteiger partial charge in [0.2, 0.25) is 0 Å². The predicted octanol–water partition coefficient (Wildman–Crippen LogP) is 3.34. The summed E-state index contributed by atoms with van der Waals surface area (Å²) in [6.45, 7) is 4.00. The summed E-state index contributed by atoms with van der Waals surface area (Å²) in [5.41, 5.74) is 3.52. The lowest BCUT2D eigenvalue weighted by atomic mass is 9.93. The average Bonchev–Trinajstić information content (AvgIpc) is 2.65. The number of carbonyl (C=O) groups is 1. The third-order valence-electron chi connectivity index (χ3n) is 5.00. The van der Waals surface area contributed by atoms with Crippen molar-refractivity contribution < 1.29 is 9.90 Å². The predicted molar refractivity (Wildman–Crippen MR) is 104 cm³/mol. The monoisotopic (exact) mass is 358 g/mol. The standard InChI is InChI=1S/C20H26N2O2S/c1-3-14-4-5-18-16(11-14)17(10-13(2)21-18)20(24)22-19(12-23)15-6-8-25-9-7-15/h4-5,10-11,15,19,23H,3,6-9,12H2,1-2H3,(H,22,24)/t19-/m1/s1. The van der Waals surface area contributed by atoms with Gasteiger partial charge in [-0.25, -0.2) is 0 Å². The largest absolute Gasteiger partial charge is 0.394 e. The molecule has 1 amide bonds. The van der Waals surface area contributed by atoms with Gasteiger partial charge >= 0.3 is 0 Å². The number of aryl methyl sites for hydroxylation is 2. The van der Waals surface area contributed by atoms with Crippen LogP contribution >= 0.6 is 11.8 Å². The molecule has 4 nitrogen and oxygen atoms in total. The molecule has 0 aliphatic carbocycles. The lowest BCUT2D eigenvalue weighted by Crippen LogP contribution is -2.44. The maximum Gasteiger partial charge on any atom is 0.252 e. The number of carbonyl (C=O) groups excluding carboxylic acids is 1. The van der Waals surface area contributed by atoms with Gasteiger partial charge in [-0.05, 0) is 67.4 Å². The maximum atomic E-state index is 13.0. The van der Waals surface area contributed by atoms with E-state index in [0.29, 0.717) is 11.5 Å². The molecular weight excluding hydrogens is 332 g/mol. The van der Waals surface area contributed by atoms with Crippen molar-refractivity contribution in [1.82, 2.24) is 10.3 Å². The molecule has 0 radical (unpaired) electrons.